The average molecular weight is 267 g/mol. The molecule has 1 aromatic rings. The highest BCUT2D eigenvalue weighted by atomic mass is 32.2. The van der Waals surface area contributed by atoms with Crippen molar-refractivity contribution in [3.63, 3.8) is 0 Å². The van der Waals surface area contributed by atoms with Crippen LogP contribution in [0.5, 0.6) is 0 Å². The molecule has 1 aromatic carbocycles. The maximum absolute atomic E-state index is 11.6. The van der Waals surface area contributed by atoms with E-state index in [4.69, 9.17) is 0 Å². The molecule has 0 N–H and O–H groups in total. The van der Waals surface area contributed by atoms with Gasteiger partial charge in [0, 0.05) is 12.1 Å². The number of hydrogen-bond donors (Lipinski definition) is 0. The molecule has 100 valence electrons. The van der Waals surface area contributed by atoms with Gasteiger partial charge in [-0.05, 0) is 32.9 Å². The van der Waals surface area contributed by atoms with Gasteiger partial charge in [-0.1, -0.05) is 29.8 Å². The molecule has 2 rings (SSSR count). The van der Waals surface area contributed by atoms with Crippen LogP contribution in [-0.2, 0) is 16.4 Å². The molecule has 4 heteroatoms. The number of sulfone groups is 1. The lowest BCUT2D eigenvalue weighted by molar-refractivity contribution is 0.154. The Kier molecular flexibility index (Phi) is 3.52. The minimum absolute atomic E-state index is 0.219. The van der Waals surface area contributed by atoms with E-state index in [1.165, 1.54) is 11.1 Å². The van der Waals surface area contributed by atoms with Crippen LogP contribution >= 0.6 is 0 Å². The average Bonchev–Trinajstić information content (AvgIpc) is 2.58. The van der Waals surface area contributed by atoms with E-state index in [9.17, 15) is 8.42 Å². The Morgan fingerprint density at radius 3 is 2.39 bits per heavy atom. The molecule has 0 radical (unpaired) electrons. The molecule has 0 aromatic heterocycles. The van der Waals surface area contributed by atoms with Crippen molar-refractivity contribution >= 4 is 9.84 Å². The maximum Gasteiger partial charge on any atom is 0.152 e. The zero-order valence-electron chi connectivity index (χ0n) is 11.3. The molecule has 0 saturated carbocycles. The van der Waals surface area contributed by atoms with Crippen LogP contribution in [0.4, 0.5) is 0 Å². The Morgan fingerprint density at radius 1 is 1.28 bits per heavy atom. The predicted molar refractivity (Wildman–Crippen MR) is 74.3 cm³/mol. The van der Waals surface area contributed by atoms with Crippen LogP contribution in [0.2, 0.25) is 0 Å². The lowest BCUT2D eigenvalue weighted by Gasteiger charge is -2.34. The van der Waals surface area contributed by atoms with Gasteiger partial charge < -0.3 is 0 Å². The Morgan fingerprint density at radius 2 is 1.89 bits per heavy atom. The first-order valence-corrected chi connectivity index (χ1v) is 8.10. The second-order valence-electron chi connectivity index (χ2n) is 5.68. The molecule has 3 nitrogen and oxygen atoms in total. The summed E-state index contributed by atoms with van der Waals surface area (Å²) >= 11 is 0. The van der Waals surface area contributed by atoms with Crippen molar-refractivity contribution in [1.29, 1.82) is 0 Å². The molecule has 0 aliphatic carbocycles. The zero-order valence-corrected chi connectivity index (χ0v) is 12.1. The summed E-state index contributed by atoms with van der Waals surface area (Å²) in [7, 11) is -0.825. The van der Waals surface area contributed by atoms with Gasteiger partial charge in [0.25, 0.3) is 0 Å². The van der Waals surface area contributed by atoms with Crippen molar-refractivity contribution in [2.24, 2.45) is 0 Å². The molecule has 1 aliphatic heterocycles. The summed E-state index contributed by atoms with van der Waals surface area (Å²) in [6.07, 6.45) is 0.734. The molecule has 1 aliphatic rings. The van der Waals surface area contributed by atoms with Gasteiger partial charge in [-0.25, -0.2) is 8.42 Å². The quantitative estimate of drug-likeness (QED) is 0.840. The molecule has 0 bridgehead atoms. The molecule has 0 spiro atoms. The van der Waals surface area contributed by atoms with Gasteiger partial charge in [0.2, 0.25) is 0 Å². The highest BCUT2D eigenvalue weighted by Crippen LogP contribution is 2.29. The number of nitrogens with zero attached hydrogens (tertiary/aromatic N) is 1. The maximum atomic E-state index is 11.6. The summed E-state index contributed by atoms with van der Waals surface area (Å²) in [6, 6.07) is 8.41. The fourth-order valence-corrected chi connectivity index (χ4v) is 4.66. The number of rotatable bonds is 3. The normalized spacial score (nSPS) is 26.7. The van der Waals surface area contributed by atoms with Crippen molar-refractivity contribution in [1.82, 2.24) is 4.90 Å². The van der Waals surface area contributed by atoms with Crippen LogP contribution < -0.4 is 0 Å². The van der Waals surface area contributed by atoms with E-state index in [0.717, 1.165) is 13.0 Å². The van der Waals surface area contributed by atoms with Gasteiger partial charge >= 0.3 is 0 Å². The lowest BCUT2D eigenvalue weighted by atomic mass is 9.99. The summed E-state index contributed by atoms with van der Waals surface area (Å²) < 4.78 is 23.2. The second kappa shape index (κ2) is 4.67. The van der Waals surface area contributed by atoms with Crippen molar-refractivity contribution in [3.8, 4) is 0 Å². The monoisotopic (exact) mass is 267 g/mol. The fraction of sp³-hybridized carbons (Fsp3) is 0.571. The minimum Gasteiger partial charge on any atom is -0.296 e. The van der Waals surface area contributed by atoms with Crippen LogP contribution in [0.15, 0.2) is 24.3 Å². The first-order chi connectivity index (χ1) is 8.31. The summed E-state index contributed by atoms with van der Waals surface area (Å²) in [4.78, 5) is 2.17. The number of aryl methyl sites for hydroxylation is 1. The molecule has 1 atom stereocenters. The highest BCUT2D eigenvalue weighted by molar-refractivity contribution is 7.91. The van der Waals surface area contributed by atoms with E-state index < -0.39 is 9.84 Å². The smallest absolute Gasteiger partial charge is 0.152 e. The van der Waals surface area contributed by atoms with E-state index in [2.05, 4.69) is 36.1 Å². The van der Waals surface area contributed by atoms with Crippen molar-refractivity contribution in [2.75, 3.05) is 18.6 Å². The third kappa shape index (κ3) is 2.93. The Labute approximate surface area is 110 Å². The van der Waals surface area contributed by atoms with Gasteiger partial charge in [-0.2, -0.15) is 0 Å². The summed E-state index contributed by atoms with van der Waals surface area (Å²) in [5, 5.41) is 0. The van der Waals surface area contributed by atoms with E-state index in [1.54, 1.807) is 0 Å². The van der Waals surface area contributed by atoms with E-state index in [0.29, 0.717) is 5.75 Å². The molecule has 1 heterocycles. The molecule has 18 heavy (non-hydrogen) atoms. The Hall–Kier alpha value is -0.870. The largest absolute Gasteiger partial charge is 0.296 e. The molecular weight excluding hydrogens is 246 g/mol. The standard InChI is InChI=1S/C14H21NO2S/c1-12-4-6-13(7-5-12)10-15(3)14(2)8-9-18(16,17)11-14/h4-7H,8-11H2,1-3H3/t14-/m1/s1. The van der Waals surface area contributed by atoms with Crippen LogP contribution in [0.3, 0.4) is 0 Å². The fourth-order valence-electron chi connectivity index (χ4n) is 2.45. The van der Waals surface area contributed by atoms with Gasteiger partial charge in [-0.3, -0.25) is 4.90 Å². The third-order valence-electron chi connectivity index (χ3n) is 3.94. The Bertz CT molecular complexity index is 521. The first-order valence-electron chi connectivity index (χ1n) is 6.28. The molecule has 1 saturated heterocycles. The summed E-state index contributed by atoms with van der Waals surface area (Å²) in [5.41, 5.74) is 2.26. The van der Waals surface area contributed by atoms with Crippen molar-refractivity contribution in [2.45, 2.75) is 32.4 Å². The number of hydrogen-bond acceptors (Lipinski definition) is 3. The van der Waals surface area contributed by atoms with E-state index in [1.807, 2.05) is 14.0 Å². The van der Waals surface area contributed by atoms with Crippen LogP contribution in [0.25, 0.3) is 0 Å². The third-order valence-corrected chi connectivity index (χ3v) is 5.83. The van der Waals surface area contributed by atoms with Crippen LogP contribution in [0, 0.1) is 6.92 Å². The second-order valence-corrected chi connectivity index (χ2v) is 7.86. The SMILES string of the molecule is Cc1ccc(CN(C)[C@]2(C)CCS(=O)(=O)C2)cc1. The molecule has 0 unspecified atom stereocenters. The van der Waals surface area contributed by atoms with Gasteiger partial charge in [0.15, 0.2) is 9.84 Å². The van der Waals surface area contributed by atoms with Crippen molar-refractivity contribution < 1.29 is 8.42 Å². The van der Waals surface area contributed by atoms with Crippen molar-refractivity contribution in [3.05, 3.63) is 35.4 Å². The highest BCUT2D eigenvalue weighted by Gasteiger charge is 2.41. The van der Waals surface area contributed by atoms with E-state index >= 15 is 0 Å². The van der Waals surface area contributed by atoms with Crippen LogP contribution in [0.1, 0.15) is 24.5 Å². The molecule has 0 amide bonds. The number of benzene rings is 1. The zero-order chi connectivity index (χ0) is 13.4. The van der Waals surface area contributed by atoms with Gasteiger partial charge in [0.1, 0.15) is 0 Å². The topological polar surface area (TPSA) is 37.4 Å². The van der Waals surface area contributed by atoms with Crippen LogP contribution in [-0.4, -0.2) is 37.4 Å². The molecule has 1 fully saturated rings. The minimum atomic E-state index is -2.84. The Balaban J connectivity index is 2.08. The van der Waals surface area contributed by atoms with Gasteiger partial charge in [0.05, 0.1) is 11.5 Å². The summed E-state index contributed by atoms with van der Waals surface area (Å²) in [5.74, 6) is 0.601. The van der Waals surface area contributed by atoms with Gasteiger partial charge in [-0.15, -0.1) is 0 Å². The first kappa shape index (κ1) is 13.6. The lowest BCUT2D eigenvalue weighted by Crippen LogP contribution is -2.44. The summed E-state index contributed by atoms with van der Waals surface area (Å²) in [6.45, 7) is 4.91. The predicted octanol–water partition coefficient (Wildman–Crippen LogP) is 2.00. The molecular formula is C14H21NO2S. The van der Waals surface area contributed by atoms with E-state index in [-0.39, 0.29) is 11.3 Å².